The number of hydrogen-bond acceptors (Lipinski definition) is 5. The van der Waals surface area contributed by atoms with Crippen molar-refractivity contribution in [1.82, 2.24) is 9.63 Å². The van der Waals surface area contributed by atoms with E-state index in [9.17, 15) is 15.0 Å². The van der Waals surface area contributed by atoms with Crippen molar-refractivity contribution in [2.24, 2.45) is 0 Å². The number of nitrogens with zero attached hydrogens (tertiary/aromatic N) is 2. The van der Waals surface area contributed by atoms with Crippen LogP contribution < -0.4 is 4.84 Å². The quantitative estimate of drug-likeness (QED) is 0.365. The fourth-order valence-corrected chi connectivity index (χ4v) is 4.39. The molecule has 0 bridgehead atoms. The molecule has 0 spiro atoms. The average molecular weight is 426 g/mol. The maximum Gasteiger partial charge on any atom is 0.351 e. The van der Waals surface area contributed by atoms with Gasteiger partial charge in [0.2, 0.25) is 11.8 Å². The van der Waals surface area contributed by atoms with Crippen LogP contribution in [0.4, 0.5) is 0 Å². The smallest absolute Gasteiger partial charge is 0.351 e. The molecular weight excluding hydrogens is 404 g/mol. The molecule has 1 aliphatic heterocycles. The third kappa shape index (κ3) is 3.21. The number of benzene rings is 3. The van der Waals surface area contributed by atoms with Crippen LogP contribution in [0.25, 0.3) is 0 Å². The molecule has 2 unspecified atom stereocenters. The van der Waals surface area contributed by atoms with Gasteiger partial charge in [-0.15, -0.1) is 4.73 Å². The Kier molecular flexibility index (Phi) is 4.92. The van der Waals surface area contributed by atoms with E-state index in [4.69, 9.17) is 4.84 Å². The molecule has 160 valence electrons. The molecule has 4 aromatic rings. The van der Waals surface area contributed by atoms with Gasteiger partial charge in [-0.2, -0.15) is 0 Å². The summed E-state index contributed by atoms with van der Waals surface area (Å²) in [6.45, 7) is 0.459. The third-order valence-corrected chi connectivity index (χ3v) is 5.87. The minimum absolute atomic E-state index is 0.344. The topological polar surface area (TPSA) is 74.7 Å². The Labute approximate surface area is 185 Å². The molecule has 6 heteroatoms. The van der Waals surface area contributed by atoms with Crippen molar-refractivity contribution in [3.8, 4) is 11.8 Å². The SMILES string of the molecule is O=C(On1c(O)ccc1O)C1CN1C(c1ccccc1)(c1ccccc1)c1ccccc1. The van der Waals surface area contributed by atoms with Crippen molar-refractivity contribution in [2.45, 2.75) is 11.6 Å². The Hall–Kier alpha value is -4.03. The molecule has 6 nitrogen and oxygen atoms in total. The second kappa shape index (κ2) is 7.90. The summed E-state index contributed by atoms with van der Waals surface area (Å²) < 4.78 is 0.730. The number of carbonyl (C=O) groups is 1. The summed E-state index contributed by atoms with van der Waals surface area (Å²) in [4.78, 5) is 20.4. The van der Waals surface area contributed by atoms with Gasteiger partial charge in [0, 0.05) is 18.7 Å². The fraction of sp³-hybridized carbons (Fsp3) is 0.115. The average Bonchev–Trinajstić information content (AvgIpc) is 3.58. The van der Waals surface area contributed by atoms with Crippen LogP contribution >= 0.6 is 0 Å². The Balaban J connectivity index is 1.61. The van der Waals surface area contributed by atoms with E-state index in [1.807, 2.05) is 54.6 Å². The van der Waals surface area contributed by atoms with Crippen LogP contribution in [0.3, 0.4) is 0 Å². The van der Waals surface area contributed by atoms with Gasteiger partial charge in [-0.3, -0.25) is 4.90 Å². The molecule has 3 aromatic carbocycles. The summed E-state index contributed by atoms with van der Waals surface area (Å²) in [6.07, 6.45) is 0. The van der Waals surface area contributed by atoms with Crippen molar-refractivity contribution in [2.75, 3.05) is 6.54 Å². The van der Waals surface area contributed by atoms with Crippen molar-refractivity contribution >= 4 is 5.97 Å². The highest BCUT2D eigenvalue weighted by Gasteiger charge is 2.57. The number of rotatable bonds is 6. The molecule has 0 aliphatic carbocycles. The van der Waals surface area contributed by atoms with E-state index in [2.05, 4.69) is 41.3 Å². The normalized spacial score (nSPS) is 17.6. The molecule has 2 heterocycles. The number of carbonyl (C=O) groups excluding carboxylic acids is 1. The van der Waals surface area contributed by atoms with Gasteiger partial charge in [-0.25, -0.2) is 4.79 Å². The van der Waals surface area contributed by atoms with Crippen LogP contribution in [-0.2, 0) is 10.3 Å². The van der Waals surface area contributed by atoms with Gasteiger partial charge in [0.15, 0.2) is 0 Å². The van der Waals surface area contributed by atoms with Gasteiger partial charge in [0.05, 0.1) is 5.54 Å². The van der Waals surface area contributed by atoms with E-state index < -0.39 is 17.6 Å². The molecule has 1 fully saturated rings. The van der Waals surface area contributed by atoms with E-state index in [-0.39, 0.29) is 11.8 Å². The van der Waals surface area contributed by atoms with Crippen LogP contribution in [0.1, 0.15) is 16.7 Å². The van der Waals surface area contributed by atoms with Crippen molar-refractivity contribution in [3.05, 3.63) is 120 Å². The maximum atomic E-state index is 13.0. The predicted molar refractivity (Wildman–Crippen MR) is 119 cm³/mol. The number of aromatic nitrogens is 1. The first-order chi connectivity index (χ1) is 15.6. The van der Waals surface area contributed by atoms with Gasteiger partial charge < -0.3 is 15.1 Å². The summed E-state index contributed by atoms with van der Waals surface area (Å²) >= 11 is 0. The molecule has 1 aromatic heterocycles. The second-order valence-electron chi connectivity index (χ2n) is 7.73. The zero-order chi connectivity index (χ0) is 22.1. The molecular formula is C26H22N2O4. The van der Waals surface area contributed by atoms with Crippen LogP contribution in [0.15, 0.2) is 103 Å². The highest BCUT2D eigenvalue weighted by molar-refractivity contribution is 5.80. The Bertz CT molecular complexity index is 1110. The van der Waals surface area contributed by atoms with Crippen molar-refractivity contribution in [1.29, 1.82) is 0 Å². The highest BCUT2D eigenvalue weighted by atomic mass is 16.7. The van der Waals surface area contributed by atoms with Gasteiger partial charge >= 0.3 is 5.97 Å². The van der Waals surface area contributed by atoms with Crippen LogP contribution in [0, 0.1) is 0 Å². The van der Waals surface area contributed by atoms with Gasteiger partial charge in [-0.05, 0) is 16.7 Å². The standard InChI is InChI=1S/C26H22N2O4/c29-23-16-17-24(30)28(23)32-25(31)22-18-27(22)26(19-10-4-1-5-11-19,20-12-6-2-7-13-20)21-14-8-3-9-15-21/h1-17,22,29-30H,18H2. The maximum absolute atomic E-state index is 13.0. The van der Waals surface area contributed by atoms with Gasteiger partial charge in [0.25, 0.3) is 0 Å². The zero-order valence-corrected chi connectivity index (χ0v) is 17.2. The van der Waals surface area contributed by atoms with Crippen molar-refractivity contribution < 1.29 is 19.8 Å². The summed E-state index contributed by atoms with van der Waals surface area (Å²) in [5.41, 5.74) is 2.37. The summed E-state index contributed by atoms with van der Waals surface area (Å²) in [5.74, 6) is -1.24. The molecule has 5 rings (SSSR count). The molecule has 0 radical (unpaired) electrons. The van der Waals surface area contributed by atoms with E-state index in [0.717, 1.165) is 21.4 Å². The summed E-state index contributed by atoms with van der Waals surface area (Å²) in [5, 5.41) is 19.7. The first kappa shape index (κ1) is 19.9. The molecule has 0 saturated carbocycles. The van der Waals surface area contributed by atoms with Gasteiger partial charge in [-0.1, -0.05) is 91.0 Å². The lowest BCUT2D eigenvalue weighted by atomic mass is 9.76. The molecule has 0 amide bonds. The van der Waals surface area contributed by atoms with E-state index in [1.54, 1.807) is 0 Å². The van der Waals surface area contributed by atoms with E-state index in [0.29, 0.717) is 6.54 Å². The molecule has 2 N–H and O–H groups in total. The Morgan fingerprint density at radius 2 is 1.12 bits per heavy atom. The predicted octanol–water partition coefficient (Wildman–Crippen LogP) is 3.53. The Morgan fingerprint density at radius 3 is 1.53 bits per heavy atom. The van der Waals surface area contributed by atoms with Crippen LogP contribution in [-0.4, -0.2) is 38.4 Å². The second-order valence-corrected chi connectivity index (χ2v) is 7.73. The monoisotopic (exact) mass is 426 g/mol. The molecule has 32 heavy (non-hydrogen) atoms. The van der Waals surface area contributed by atoms with Gasteiger partial charge in [0.1, 0.15) is 6.04 Å². The minimum atomic E-state index is -0.714. The largest absolute Gasteiger partial charge is 0.492 e. The summed E-state index contributed by atoms with van der Waals surface area (Å²) in [7, 11) is 0. The third-order valence-electron chi connectivity index (χ3n) is 5.87. The Morgan fingerprint density at radius 1 is 0.719 bits per heavy atom. The van der Waals surface area contributed by atoms with Crippen LogP contribution in [0.5, 0.6) is 11.8 Å². The zero-order valence-electron chi connectivity index (χ0n) is 17.2. The van der Waals surface area contributed by atoms with E-state index in [1.165, 1.54) is 12.1 Å². The highest BCUT2D eigenvalue weighted by Crippen LogP contribution is 2.48. The first-order valence-electron chi connectivity index (χ1n) is 10.4. The lowest BCUT2D eigenvalue weighted by Gasteiger charge is -2.38. The summed E-state index contributed by atoms with van der Waals surface area (Å²) in [6, 6.07) is 32.2. The minimum Gasteiger partial charge on any atom is -0.492 e. The molecule has 2 atom stereocenters. The lowest BCUT2D eigenvalue weighted by molar-refractivity contribution is -0.146. The number of aromatic hydroxyl groups is 2. The van der Waals surface area contributed by atoms with Crippen LogP contribution in [0.2, 0.25) is 0 Å². The number of hydrogen-bond donors (Lipinski definition) is 2. The fourth-order valence-electron chi connectivity index (χ4n) is 4.39. The van der Waals surface area contributed by atoms with E-state index >= 15 is 0 Å². The lowest BCUT2D eigenvalue weighted by Crippen LogP contribution is -2.41. The molecule has 1 aliphatic rings. The van der Waals surface area contributed by atoms with Crippen molar-refractivity contribution in [3.63, 3.8) is 0 Å². The molecule has 1 saturated heterocycles. The first-order valence-corrected chi connectivity index (χ1v) is 10.4.